The summed E-state index contributed by atoms with van der Waals surface area (Å²) in [7, 11) is 0. The van der Waals surface area contributed by atoms with Gasteiger partial charge in [-0.3, -0.25) is 0 Å². The minimum Gasteiger partial charge on any atom is -0.392 e. The zero-order valence-electron chi connectivity index (χ0n) is 6.92. The van der Waals surface area contributed by atoms with Crippen LogP contribution in [0.5, 0.6) is 0 Å². The van der Waals surface area contributed by atoms with Crippen molar-refractivity contribution in [3.8, 4) is 0 Å². The Hall–Kier alpha value is -0.530. The average Bonchev–Trinajstić information content (AvgIpc) is 2.28. The van der Waals surface area contributed by atoms with Crippen molar-refractivity contribution in [1.82, 2.24) is 0 Å². The zero-order chi connectivity index (χ0) is 8.72. The molecule has 0 fully saturated rings. The van der Waals surface area contributed by atoms with Crippen LogP contribution in [0, 0.1) is 0 Å². The fraction of sp³-hybridized carbons (Fsp3) is 0.400. The van der Waals surface area contributed by atoms with Gasteiger partial charge < -0.3 is 5.11 Å². The van der Waals surface area contributed by atoms with Gasteiger partial charge in [0.05, 0.1) is 6.10 Å². The molecule has 0 aliphatic heterocycles. The predicted molar refractivity (Wildman–Crippen MR) is 49.6 cm³/mol. The zero-order valence-corrected chi connectivity index (χ0v) is 7.67. The van der Waals surface area contributed by atoms with Crippen LogP contribution in [0.3, 0.4) is 0 Å². The number of hydrogen-bond acceptors (Lipinski definition) is 1. The van der Waals surface area contributed by atoms with Crippen LogP contribution >= 0.6 is 11.6 Å². The lowest BCUT2D eigenvalue weighted by Gasteiger charge is -2.07. The molecule has 0 heterocycles. The molecule has 0 radical (unpaired) electrons. The number of benzene rings is 1. The van der Waals surface area contributed by atoms with E-state index in [9.17, 15) is 5.11 Å². The Morgan fingerprint density at radius 3 is 3.00 bits per heavy atom. The van der Waals surface area contributed by atoms with Crippen molar-refractivity contribution in [3.05, 3.63) is 34.3 Å². The van der Waals surface area contributed by atoms with Crippen LogP contribution in [0.15, 0.2) is 18.2 Å². The highest BCUT2D eigenvalue weighted by Gasteiger charge is 2.26. The summed E-state index contributed by atoms with van der Waals surface area (Å²) in [5.41, 5.74) is 2.44. The summed E-state index contributed by atoms with van der Waals surface area (Å²) in [6, 6.07) is 5.84. The number of fused-ring (bicyclic) bond motifs is 1. The molecule has 1 N–H and O–H groups in total. The Morgan fingerprint density at radius 2 is 2.25 bits per heavy atom. The van der Waals surface area contributed by atoms with Crippen molar-refractivity contribution < 1.29 is 5.11 Å². The second kappa shape index (κ2) is 2.75. The third-order valence-corrected chi connectivity index (χ3v) is 2.84. The van der Waals surface area contributed by atoms with E-state index in [0.29, 0.717) is 0 Å². The standard InChI is InChI=1S/C10H11ClO/c1-6-9-3-2-8(11)4-7(9)5-10(6)12/h2-4,6,10,12H,5H2,1H3/t6-,10+/m1/s1. The van der Waals surface area contributed by atoms with E-state index in [-0.39, 0.29) is 12.0 Å². The normalized spacial score (nSPS) is 27.2. The van der Waals surface area contributed by atoms with Crippen molar-refractivity contribution in [1.29, 1.82) is 0 Å². The summed E-state index contributed by atoms with van der Waals surface area (Å²) in [5, 5.41) is 10.3. The van der Waals surface area contributed by atoms with Crippen LogP contribution in [0.25, 0.3) is 0 Å². The molecule has 1 nitrogen and oxygen atoms in total. The van der Waals surface area contributed by atoms with Crippen LogP contribution < -0.4 is 0 Å². The fourth-order valence-electron chi connectivity index (χ4n) is 1.80. The maximum atomic E-state index is 9.57. The van der Waals surface area contributed by atoms with E-state index in [1.165, 1.54) is 11.1 Å². The van der Waals surface area contributed by atoms with Gasteiger partial charge in [0.1, 0.15) is 0 Å². The highest BCUT2D eigenvalue weighted by molar-refractivity contribution is 6.30. The highest BCUT2D eigenvalue weighted by Crippen LogP contribution is 2.34. The lowest BCUT2D eigenvalue weighted by Crippen LogP contribution is -2.09. The molecule has 2 heteroatoms. The van der Waals surface area contributed by atoms with Crippen LogP contribution in [0.4, 0.5) is 0 Å². The van der Waals surface area contributed by atoms with Gasteiger partial charge in [-0.05, 0) is 29.7 Å². The molecule has 1 aromatic rings. The number of rotatable bonds is 0. The summed E-state index contributed by atoms with van der Waals surface area (Å²) in [6.07, 6.45) is 0.523. The van der Waals surface area contributed by atoms with Gasteiger partial charge in [0, 0.05) is 10.9 Å². The first kappa shape index (κ1) is 8.09. The molecule has 0 saturated carbocycles. The monoisotopic (exact) mass is 182 g/mol. The molecule has 1 aliphatic rings. The van der Waals surface area contributed by atoms with E-state index in [0.717, 1.165) is 11.4 Å². The fourth-order valence-corrected chi connectivity index (χ4v) is 2.00. The first-order valence-electron chi connectivity index (χ1n) is 4.15. The van der Waals surface area contributed by atoms with Crippen molar-refractivity contribution in [2.45, 2.75) is 25.4 Å². The Kier molecular flexibility index (Phi) is 1.85. The molecule has 0 amide bonds. The Bertz CT molecular complexity index is 309. The van der Waals surface area contributed by atoms with E-state index in [1.807, 2.05) is 25.1 Å². The number of aliphatic hydroxyl groups excluding tert-OH is 1. The van der Waals surface area contributed by atoms with Gasteiger partial charge in [0.15, 0.2) is 0 Å². The maximum Gasteiger partial charge on any atom is 0.0646 e. The minimum atomic E-state index is -0.224. The summed E-state index contributed by atoms with van der Waals surface area (Å²) < 4.78 is 0. The van der Waals surface area contributed by atoms with E-state index >= 15 is 0 Å². The van der Waals surface area contributed by atoms with Gasteiger partial charge in [-0.15, -0.1) is 0 Å². The topological polar surface area (TPSA) is 20.2 Å². The van der Waals surface area contributed by atoms with E-state index in [2.05, 4.69) is 0 Å². The first-order chi connectivity index (χ1) is 5.68. The van der Waals surface area contributed by atoms with E-state index < -0.39 is 0 Å². The molecule has 2 atom stereocenters. The van der Waals surface area contributed by atoms with Crippen LogP contribution in [-0.4, -0.2) is 11.2 Å². The molecule has 64 valence electrons. The van der Waals surface area contributed by atoms with Gasteiger partial charge in [-0.2, -0.15) is 0 Å². The van der Waals surface area contributed by atoms with Gasteiger partial charge in [0.25, 0.3) is 0 Å². The lowest BCUT2D eigenvalue weighted by atomic mass is 10.0. The molecule has 0 bridgehead atoms. The summed E-state index contributed by atoms with van der Waals surface area (Å²) in [6.45, 7) is 2.05. The molecule has 1 aliphatic carbocycles. The second-order valence-electron chi connectivity index (χ2n) is 3.40. The molecular formula is C10H11ClO. The van der Waals surface area contributed by atoms with Crippen molar-refractivity contribution in [2.24, 2.45) is 0 Å². The molecule has 0 spiro atoms. The van der Waals surface area contributed by atoms with Gasteiger partial charge in [-0.1, -0.05) is 24.6 Å². The summed E-state index contributed by atoms with van der Waals surface area (Å²) in [4.78, 5) is 0. The maximum absolute atomic E-state index is 9.57. The summed E-state index contributed by atoms with van der Waals surface area (Å²) in [5.74, 6) is 0.261. The molecule has 12 heavy (non-hydrogen) atoms. The predicted octanol–water partition coefficient (Wildman–Crippen LogP) is 2.36. The molecule has 1 aromatic carbocycles. The number of halogens is 1. The summed E-state index contributed by atoms with van der Waals surface area (Å²) >= 11 is 5.84. The molecule has 2 rings (SSSR count). The van der Waals surface area contributed by atoms with E-state index in [4.69, 9.17) is 11.6 Å². The lowest BCUT2D eigenvalue weighted by molar-refractivity contribution is 0.163. The van der Waals surface area contributed by atoms with Crippen molar-refractivity contribution in [3.63, 3.8) is 0 Å². The van der Waals surface area contributed by atoms with Crippen molar-refractivity contribution in [2.75, 3.05) is 0 Å². The smallest absolute Gasteiger partial charge is 0.0646 e. The average molecular weight is 183 g/mol. The van der Waals surface area contributed by atoms with Gasteiger partial charge in [-0.25, -0.2) is 0 Å². The Morgan fingerprint density at radius 1 is 1.50 bits per heavy atom. The van der Waals surface area contributed by atoms with Crippen molar-refractivity contribution >= 4 is 11.6 Å². The Labute approximate surface area is 77.0 Å². The van der Waals surface area contributed by atoms with Crippen LogP contribution in [0.1, 0.15) is 24.0 Å². The molecular weight excluding hydrogens is 172 g/mol. The quantitative estimate of drug-likeness (QED) is 0.653. The molecule has 0 aromatic heterocycles. The van der Waals surface area contributed by atoms with Gasteiger partial charge >= 0.3 is 0 Å². The first-order valence-corrected chi connectivity index (χ1v) is 4.52. The number of hydrogen-bond donors (Lipinski definition) is 1. The molecule has 0 saturated heterocycles. The second-order valence-corrected chi connectivity index (χ2v) is 3.84. The number of aliphatic hydroxyl groups is 1. The largest absolute Gasteiger partial charge is 0.392 e. The highest BCUT2D eigenvalue weighted by atomic mass is 35.5. The third kappa shape index (κ3) is 1.13. The minimum absolute atomic E-state index is 0.224. The molecule has 0 unspecified atom stereocenters. The SMILES string of the molecule is C[C@@H]1c2ccc(Cl)cc2C[C@@H]1O. The van der Waals surface area contributed by atoms with E-state index in [1.54, 1.807) is 0 Å². The van der Waals surface area contributed by atoms with Gasteiger partial charge in [0.2, 0.25) is 0 Å². The Balaban J connectivity index is 2.47. The van der Waals surface area contributed by atoms with Crippen LogP contribution in [0.2, 0.25) is 5.02 Å². The van der Waals surface area contributed by atoms with Crippen LogP contribution in [-0.2, 0) is 6.42 Å². The third-order valence-electron chi connectivity index (χ3n) is 2.60.